The van der Waals surface area contributed by atoms with Gasteiger partial charge in [-0.15, -0.1) is 0 Å². The molecule has 2 aliphatic carbocycles. The molecule has 22 heteroatoms. The summed E-state index contributed by atoms with van der Waals surface area (Å²) >= 11 is 0. The highest BCUT2D eigenvalue weighted by Crippen LogP contribution is 2.46. The predicted molar refractivity (Wildman–Crippen MR) is 287 cm³/mol. The minimum Gasteiger partial charge on any atom is -0.458 e. The Balaban J connectivity index is 0.722. The highest BCUT2D eigenvalue weighted by molar-refractivity contribution is 6.12. The molecule has 0 unspecified atom stereocenters. The maximum Gasteiger partial charge on any atom is 0.343 e. The number of nitrogens with one attached hydrogen (secondary N) is 6. The van der Waals surface area contributed by atoms with Gasteiger partial charge in [-0.05, 0) is 105 Å². The fraction of sp³-hybridized carbons (Fsp3) is 0.466. The van der Waals surface area contributed by atoms with Crippen LogP contribution < -0.4 is 37.5 Å². The lowest BCUT2D eigenvalue weighted by atomic mass is 9.79. The summed E-state index contributed by atoms with van der Waals surface area (Å²) in [4.78, 5) is 134. The van der Waals surface area contributed by atoms with Crippen LogP contribution in [0.4, 0.5) is 4.39 Å². The highest BCUT2D eigenvalue weighted by Gasteiger charge is 2.46. The number of aliphatic hydroxyl groups is 1. The molecule has 9 rings (SSSR count). The third-order valence-corrected chi connectivity index (χ3v) is 16.2. The number of fused-ring (bicyclic) bond motifs is 5. The molecule has 1 fully saturated rings. The molecule has 3 aliphatic heterocycles. The molecule has 1 saturated carbocycles. The third kappa shape index (κ3) is 12.2. The number of nitrogens with zero attached hydrogens (tertiary/aromatic N) is 3. The van der Waals surface area contributed by atoms with E-state index in [0.29, 0.717) is 80.4 Å². The molecule has 7 N–H and O–H groups in total. The lowest BCUT2D eigenvalue weighted by Gasteiger charge is -2.32. The molecule has 5 heterocycles. The number of amides is 8. The van der Waals surface area contributed by atoms with Crippen LogP contribution in [0.5, 0.6) is 0 Å². The number of aromatic nitrogens is 2. The average Bonchev–Trinajstić information content (AvgIpc) is 4.07. The second kappa shape index (κ2) is 24.5. The smallest absolute Gasteiger partial charge is 0.343 e. The lowest BCUT2D eigenvalue weighted by Crippen LogP contribution is -2.52. The van der Waals surface area contributed by atoms with Crippen LogP contribution in [-0.4, -0.2) is 112 Å². The van der Waals surface area contributed by atoms with Gasteiger partial charge in [-0.3, -0.25) is 48.1 Å². The first-order valence-corrected chi connectivity index (χ1v) is 27.5. The van der Waals surface area contributed by atoms with Gasteiger partial charge in [-0.1, -0.05) is 43.7 Å². The molecule has 2 aromatic carbocycles. The van der Waals surface area contributed by atoms with Gasteiger partial charge in [0.15, 0.2) is 5.60 Å². The van der Waals surface area contributed by atoms with E-state index in [9.17, 15) is 53.1 Å². The summed E-state index contributed by atoms with van der Waals surface area (Å²) in [7, 11) is 0. The van der Waals surface area contributed by atoms with E-state index in [4.69, 9.17) is 9.72 Å². The zero-order valence-electron chi connectivity index (χ0n) is 44.8. The van der Waals surface area contributed by atoms with Crippen molar-refractivity contribution < 1.29 is 57.4 Å². The number of unbranched alkanes of at least 4 members (excludes halogenated alkanes) is 2. The van der Waals surface area contributed by atoms with Crippen LogP contribution in [0.1, 0.15) is 123 Å². The van der Waals surface area contributed by atoms with Crippen LogP contribution in [-0.2, 0) is 79.5 Å². The van der Waals surface area contributed by atoms with Crippen LogP contribution in [0, 0.1) is 24.6 Å². The van der Waals surface area contributed by atoms with Crippen molar-refractivity contribution in [3.8, 4) is 11.4 Å². The molecular weight excluding hydrogens is 1030 g/mol. The summed E-state index contributed by atoms with van der Waals surface area (Å²) in [6, 6.07) is 10.4. The van der Waals surface area contributed by atoms with Crippen molar-refractivity contribution in [2.45, 2.75) is 128 Å². The largest absolute Gasteiger partial charge is 0.458 e. The molecule has 80 heavy (non-hydrogen) atoms. The molecule has 422 valence electrons. The molecule has 5 aliphatic rings. The second-order valence-electron chi connectivity index (χ2n) is 21.3. The molecule has 4 aromatic rings. The van der Waals surface area contributed by atoms with Gasteiger partial charge in [0.05, 0.1) is 54.7 Å². The molecular formula is C58H66FN9O12. The summed E-state index contributed by atoms with van der Waals surface area (Å²) < 4.78 is 22.3. The number of ether oxygens (including phenoxy) is 1. The fourth-order valence-electron chi connectivity index (χ4n) is 11.7. The number of hydrogen-bond acceptors (Lipinski definition) is 13. The summed E-state index contributed by atoms with van der Waals surface area (Å²) in [6.07, 6.45) is 8.62. The van der Waals surface area contributed by atoms with Crippen LogP contribution >= 0.6 is 0 Å². The second-order valence-corrected chi connectivity index (χ2v) is 21.3. The zero-order valence-corrected chi connectivity index (χ0v) is 44.8. The fourth-order valence-corrected chi connectivity index (χ4v) is 11.7. The van der Waals surface area contributed by atoms with Crippen LogP contribution in [0.25, 0.3) is 22.3 Å². The van der Waals surface area contributed by atoms with Crippen molar-refractivity contribution >= 4 is 64.1 Å². The Morgan fingerprint density at radius 1 is 0.825 bits per heavy atom. The molecule has 0 saturated heterocycles. The van der Waals surface area contributed by atoms with Gasteiger partial charge in [0.1, 0.15) is 18.5 Å². The van der Waals surface area contributed by atoms with Crippen LogP contribution in [0.15, 0.2) is 59.4 Å². The van der Waals surface area contributed by atoms with Crippen molar-refractivity contribution in [2.75, 3.05) is 32.7 Å². The zero-order chi connectivity index (χ0) is 56.8. The predicted octanol–water partition coefficient (Wildman–Crippen LogP) is 2.50. The molecule has 8 amide bonds. The van der Waals surface area contributed by atoms with Crippen molar-refractivity contribution in [3.63, 3.8) is 0 Å². The maximum absolute atomic E-state index is 15.5. The minimum atomic E-state index is -2.02. The SMILES string of the molecule is CC[C@@]1(O)C(=O)OCc2c1cc1n(c2=O)Cc2c-1nc1cc(F)c(C)c3c1c2[C@@H](NC(=O)[C@H]1CC[C@@H](CCNC(=O)CNC(=O)[C@H](Cc2ccccc2)NC(=O)CNC(=O)CNC(=O)CCCCCN2C(=O)C=CC2=O)CC1)CC3. The molecule has 2 aromatic heterocycles. The van der Waals surface area contributed by atoms with Gasteiger partial charge in [-0.25, -0.2) is 14.2 Å². The van der Waals surface area contributed by atoms with Gasteiger partial charge >= 0.3 is 5.97 Å². The van der Waals surface area contributed by atoms with Gasteiger partial charge in [0.2, 0.25) is 35.4 Å². The van der Waals surface area contributed by atoms with E-state index in [1.54, 1.807) is 54.8 Å². The van der Waals surface area contributed by atoms with E-state index >= 15 is 4.39 Å². The molecule has 0 bridgehead atoms. The van der Waals surface area contributed by atoms with Gasteiger partial charge < -0.3 is 46.3 Å². The van der Waals surface area contributed by atoms with E-state index in [1.807, 2.05) is 0 Å². The van der Waals surface area contributed by atoms with Gasteiger partial charge in [0, 0.05) is 66.6 Å². The molecule has 0 radical (unpaired) electrons. The van der Waals surface area contributed by atoms with E-state index in [0.717, 1.165) is 45.4 Å². The Labute approximate surface area is 460 Å². The maximum atomic E-state index is 15.5. The number of benzene rings is 2. The highest BCUT2D eigenvalue weighted by atomic mass is 19.1. The number of aryl methyl sites for hydroxylation is 1. The van der Waals surface area contributed by atoms with Crippen molar-refractivity contribution in [1.82, 2.24) is 46.4 Å². The van der Waals surface area contributed by atoms with E-state index in [-0.39, 0.29) is 98.6 Å². The third-order valence-electron chi connectivity index (χ3n) is 16.2. The number of cyclic esters (lactones) is 1. The Bertz CT molecular complexity index is 3240. The van der Waals surface area contributed by atoms with Crippen molar-refractivity contribution in [3.05, 3.63) is 110 Å². The number of carbonyl (C=O) groups excluding carboxylic acids is 9. The molecule has 21 nitrogen and oxygen atoms in total. The van der Waals surface area contributed by atoms with Crippen LogP contribution in [0.3, 0.4) is 0 Å². The lowest BCUT2D eigenvalue weighted by molar-refractivity contribution is -0.172. The van der Waals surface area contributed by atoms with Crippen molar-refractivity contribution in [1.29, 1.82) is 0 Å². The summed E-state index contributed by atoms with van der Waals surface area (Å²) in [5.41, 5.74) is 2.71. The van der Waals surface area contributed by atoms with Crippen LogP contribution in [0.2, 0.25) is 0 Å². The Morgan fingerprint density at radius 3 is 2.26 bits per heavy atom. The number of hydrogen-bond donors (Lipinski definition) is 7. The topological polar surface area (TPSA) is 293 Å². The first kappa shape index (κ1) is 56.6. The Morgan fingerprint density at radius 2 is 1.52 bits per heavy atom. The van der Waals surface area contributed by atoms with Crippen molar-refractivity contribution in [2.24, 2.45) is 11.8 Å². The standard InChI is InChI=1S/C58H66FN9O12/c1-3-58(79)39-25-44-53-37(30-68(44)56(77)38(39)31-80-57(58)78)52-41(18-17-36-32(2)40(59)26-42(65-53)51(36)52)66-54(75)35-15-13-33(14-16-35)21-22-60-46(70)28-63-55(76)43(24-34-10-6-4-7-11-34)64-48(72)29-62-47(71)27-61-45(69)12-8-5-9-23-67-49(73)19-20-50(67)74/h4,6-7,10-11,19-20,25-26,33,35,41,43,79H,3,5,8-9,12-18,21-24,27-31H2,1-2H3,(H,60,70)(H,61,69)(H,62,71)(H,63,76)(H,64,72)(H,66,75)/t33-,35+,41-,43-,58-/m0/s1. The first-order valence-electron chi connectivity index (χ1n) is 27.5. The minimum absolute atomic E-state index is 0.0167. The molecule has 0 spiro atoms. The average molecular weight is 1100 g/mol. The van der Waals surface area contributed by atoms with Gasteiger partial charge in [-0.2, -0.15) is 0 Å². The molecule has 3 atom stereocenters. The van der Waals surface area contributed by atoms with Gasteiger partial charge in [0.25, 0.3) is 17.4 Å². The summed E-state index contributed by atoms with van der Waals surface area (Å²) in [5, 5.41) is 28.5. The Hall–Kier alpha value is -8.14. The van der Waals surface area contributed by atoms with E-state index in [2.05, 4.69) is 31.9 Å². The quantitative estimate of drug-likeness (QED) is 0.0298. The normalized spacial score (nSPS) is 20.0. The number of rotatable bonds is 22. The number of halogens is 1. The summed E-state index contributed by atoms with van der Waals surface area (Å²) in [6.45, 7) is 2.60. The Kier molecular flexibility index (Phi) is 17.3. The number of pyridine rings is 2. The number of carbonyl (C=O) groups is 9. The summed E-state index contributed by atoms with van der Waals surface area (Å²) in [5.74, 6) is -4.83. The van der Waals surface area contributed by atoms with E-state index < -0.39 is 65.2 Å². The number of imide groups is 1. The first-order chi connectivity index (χ1) is 38.4. The number of esters is 1. The monoisotopic (exact) mass is 1100 g/mol. The van der Waals surface area contributed by atoms with E-state index in [1.165, 1.54) is 18.2 Å².